The number of aryl methyl sites for hydroxylation is 1. The van der Waals surface area contributed by atoms with Crippen LogP contribution in [0.15, 0.2) is 12.4 Å². The molecule has 1 aromatic rings. The van der Waals surface area contributed by atoms with Gasteiger partial charge in [0.15, 0.2) is 0 Å². The Kier molecular flexibility index (Phi) is 5.62. The molecule has 0 spiro atoms. The van der Waals surface area contributed by atoms with Gasteiger partial charge >= 0.3 is 16.3 Å². The summed E-state index contributed by atoms with van der Waals surface area (Å²) < 4.78 is 35.7. The van der Waals surface area contributed by atoms with Gasteiger partial charge in [-0.2, -0.15) is 13.5 Å². The van der Waals surface area contributed by atoms with Crippen LogP contribution in [0, 0.1) is 0 Å². The molecule has 0 radical (unpaired) electrons. The summed E-state index contributed by atoms with van der Waals surface area (Å²) in [6, 6.07) is -0.229. The van der Waals surface area contributed by atoms with Gasteiger partial charge in [0, 0.05) is 26.1 Å². The van der Waals surface area contributed by atoms with Crippen molar-refractivity contribution >= 4 is 22.0 Å². The van der Waals surface area contributed by atoms with E-state index in [2.05, 4.69) is 12.1 Å². The predicted molar refractivity (Wildman–Crippen MR) is 93.6 cm³/mol. The van der Waals surface area contributed by atoms with Gasteiger partial charge in [0.1, 0.15) is 5.60 Å². The number of nitrogens with zero attached hydrogens (tertiary/aromatic N) is 3. The Morgan fingerprint density at radius 3 is 2.48 bits per heavy atom. The molecule has 2 heterocycles. The molecule has 1 aliphatic rings. The number of amides is 1. The quantitative estimate of drug-likeness (QED) is 0.752. The molecule has 1 aliphatic heterocycles. The van der Waals surface area contributed by atoms with E-state index in [0.717, 1.165) is 13.1 Å². The summed E-state index contributed by atoms with van der Waals surface area (Å²) in [6.07, 6.45) is 3.53. The lowest BCUT2D eigenvalue weighted by Crippen LogP contribution is -3.10. The van der Waals surface area contributed by atoms with Gasteiger partial charge in [-0.25, -0.2) is 13.8 Å². The van der Waals surface area contributed by atoms with Gasteiger partial charge in [0.05, 0.1) is 38.1 Å². The molecular weight excluding hydrogens is 346 g/mol. The molecule has 1 aromatic heterocycles. The minimum absolute atomic E-state index is 0.229. The fraction of sp³-hybridized carbons (Fsp3) is 0.733. The van der Waals surface area contributed by atoms with Crippen LogP contribution in [0.3, 0.4) is 0 Å². The minimum atomic E-state index is -4.10. The Labute approximate surface area is 149 Å². The maximum Gasteiger partial charge on any atom is 0.422 e. The van der Waals surface area contributed by atoms with Crippen molar-refractivity contribution in [2.75, 3.05) is 24.4 Å². The first-order valence-electron chi connectivity index (χ1n) is 8.33. The smallest absolute Gasteiger partial charge is 0.422 e. The average Bonchev–Trinajstić information content (AvgIpc) is 2.84. The van der Waals surface area contributed by atoms with Crippen molar-refractivity contribution in [1.29, 1.82) is 0 Å². The largest absolute Gasteiger partial charge is 0.443 e. The van der Waals surface area contributed by atoms with E-state index in [9.17, 15) is 13.2 Å². The molecule has 142 valence electrons. The number of piperidine rings is 1. The van der Waals surface area contributed by atoms with Crippen molar-refractivity contribution in [3.8, 4) is 0 Å². The standard InChI is InChI=1S/C15H27N5O4S/c1-15(2,3)24-14(21)17-25(22,23)20(13-10-16-19(5)11-13)12-6-8-18(4)9-7-12/h10-12H,6-9H2,1-5H3,(H,17,21)/p+1. The second-order valence-electron chi connectivity index (χ2n) is 7.47. The SMILES string of the molecule is Cn1cc(N(C2CC[NH+](C)CC2)S(=O)(=O)NC(=O)OC(C)(C)C)cn1. The molecular formula is C15H28N5O4S+. The van der Waals surface area contributed by atoms with E-state index in [4.69, 9.17) is 4.74 Å². The summed E-state index contributed by atoms with van der Waals surface area (Å²) in [4.78, 5) is 13.3. The molecule has 1 saturated heterocycles. The molecule has 25 heavy (non-hydrogen) atoms. The summed E-state index contributed by atoms with van der Waals surface area (Å²) >= 11 is 0. The summed E-state index contributed by atoms with van der Waals surface area (Å²) in [5.74, 6) is 0. The number of aromatic nitrogens is 2. The van der Waals surface area contributed by atoms with Crippen molar-refractivity contribution in [2.24, 2.45) is 7.05 Å². The fourth-order valence-electron chi connectivity index (χ4n) is 2.85. The van der Waals surface area contributed by atoms with Crippen LogP contribution in [0.2, 0.25) is 0 Å². The Morgan fingerprint density at radius 2 is 2.00 bits per heavy atom. The zero-order valence-electron chi connectivity index (χ0n) is 15.4. The first kappa shape index (κ1) is 19.5. The number of likely N-dealkylation sites (tertiary alicyclic amines) is 1. The van der Waals surface area contributed by atoms with Gasteiger partial charge in [-0.1, -0.05) is 0 Å². The third-order valence-corrected chi connectivity index (χ3v) is 5.41. The highest BCUT2D eigenvalue weighted by atomic mass is 32.2. The predicted octanol–water partition coefficient (Wildman–Crippen LogP) is -0.327. The van der Waals surface area contributed by atoms with Crippen molar-refractivity contribution in [1.82, 2.24) is 14.5 Å². The van der Waals surface area contributed by atoms with Gasteiger partial charge in [-0.15, -0.1) is 0 Å². The summed E-state index contributed by atoms with van der Waals surface area (Å²) in [5, 5.41) is 4.06. The topological polar surface area (TPSA) is 98.0 Å². The third-order valence-electron chi connectivity index (χ3n) is 3.96. The van der Waals surface area contributed by atoms with E-state index >= 15 is 0 Å². The van der Waals surface area contributed by atoms with Crippen LogP contribution in [-0.2, 0) is 22.0 Å². The van der Waals surface area contributed by atoms with Crippen LogP contribution in [0.1, 0.15) is 33.6 Å². The maximum absolute atomic E-state index is 12.9. The summed E-state index contributed by atoms with van der Waals surface area (Å²) in [6.45, 7) is 6.76. The van der Waals surface area contributed by atoms with Gasteiger partial charge in [0.25, 0.3) is 0 Å². The zero-order chi connectivity index (χ0) is 18.8. The van der Waals surface area contributed by atoms with Gasteiger partial charge in [-0.3, -0.25) is 4.68 Å². The Hall–Kier alpha value is -1.81. The number of hydrogen-bond acceptors (Lipinski definition) is 5. The van der Waals surface area contributed by atoms with E-state index in [-0.39, 0.29) is 6.04 Å². The van der Waals surface area contributed by atoms with Crippen LogP contribution >= 0.6 is 0 Å². The van der Waals surface area contributed by atoms with Crippen LogP contribution < -0.4 is 13.9 Å². The molecule has 0 aliphatic carbocycles. The van der Waals surface area contributed by atoms with E-state index in [0.29, 0.717) is 18.5 Å². The molecule has 2 rings (SSSR count). The van der Waals surface area contributed by atoms with E-state index < -0.39 is 21.9 Å². The van der Waals surface area contributed by atoms with E-state index in [1.54, 1.807) is 34.0 Å². The summed E-state index contributed by atoms with van der Waals surface area (Å²) in [5.41, 5.74) is -0.349. The number of carbonyl (C=O) groups excluding carboxylic acids is 1. The molecule has 0 aromatic carbocycles. The monoisotopic (exact) mass is 374 g/mol. The Bertz CT molecular complexity index is 702. The van der Waals surface area contributed by atoms with Crippen molar-refractivity contribution in [3.63, 3.8) is 0 Å². The second kappa shape index (κ2) is 7.20. The average molecular weight is 374 g/mol. The maximum atomic E-state index is 12.9. The summed E-state index contributed by atoms with van der Waals surface area (Å²) in [7, 11) is -0.307. The lowest BCUT2D eigenvalue weighted by atomic mass is 10.1. The highest BCUT2D eigenvalue weighted by Gasteiger charge is 2.36. The van der Waals surface area contributed by atoms with Crippen molar-refractivity contribution < 1.29 is 22.8 Å². The minimum Gasteiger partial charge on any atom is -0.443 e. The number of hydrogen-bond donors (Lipinski definition) is 2. The normalized spacial score (nSPS) is 21.6. The highest BCUT2D eigenvalue weighted by Crippen LogP contribution is 2.23. The molecule has 0 saturated carbocycles. The molecule has 0 unspecified atom stereocenters. The lowest BCUT2D eigenvalue weighted by molar-refractivity contribution is -0.884. The molecule has 0 atom stereocenters. The lowest BCUT2D eigenvalue weighted by Gasteiger charge is -2.35. The molecule has 1 fully saturated rings. The number of nitrogens with one attached hydrogen (secondary N) is 2. The molecule has 1 amide bonds. The zero-order valence-corrected chi connectivity index (χ0v) is 16.3. The van der Waals surface area contributed by atoms with E-state index in [1.165, 1.54) is 20.1 Å². The van der Waals surface area contributed by atoms with Gasteiger partial charge in [0.2, 0.25) is 0 Å². The second-order valence-corrected chi connectivity index (χ2v) is 9.01. The van der Waals surface area contributed by atoms with Crippen molar-refractivity contribution in [3.05, 3.63) is 12.4 Å². The number of anilines is 1. The van der Waals surface area contributed by atoms with Crippen LogP contribution in [0.25, 0.3) is 0 Å². The fourth-order valence-corrected chi connectivity index (χ4v) is 4.18. The van der Waals surface area contributed by atoms with E-state index in [1.807, 2.05) is 4.72 Å². The first-order valence-corrected chi connectivity index (χ1v) is 9.77. The Balaban J connectivity index is 2.26. The highest BCUT2D eigenvalue weighted by molar-refractivity contribution is 7.91. The third kappa shape index (κ3) is 5.33. The Morgan fingerprint density at radius 1 is 1.40 bits per heavy atom. The van der Waals surface area contributed by atoms with Crippen LogP contribution in [-0.4, -0.2) is 56.1 Å². The van der Waals surface area contributed by atoms with Crippen LogP contribution in [0.4, 0.5) is 10.5 Å². The number of carbonyl (C=O) groups is 1. The van der Waals surface area contributed by atoms with Crippen molar-refractivity contribution in [2.45, 2.75) is 45.3 Å². The van der Waals surface area contributed by atoms with Gasteiger partial charge < -0.3 is 9.64 Å². The van der Waals surface area contributed by atoms with Crippen LogP contribution in [0.5, 0.6) is 0 Å². The first-order chi connectivity index (χ1) is 11.5. The molecule has 0 bridgehead atoms. The molecule has 9 nitrogen and oxygen atoms in total. The number of rotatable bonds is 4. The van der Waals surface area contributed by atoms with Gasteiger partial charge in [-0.05, 0) is 20.8 Å². The molecule has 10 heteroatoms. The number of ether oxygens (including phenoxy) is 1. The molecule has 2 N–H and O–H groups in total. The number of quaternary nitrogens is 1.